The van der Waals surface area contributed by atoms with E-state index in [4.69, 9.17) is 14.6 Å². The van der Waals surface area contributed by atoms with Crippen molar-refractivity contribution in [2.24, 2.45) is 4.99 Å². The third kappa shape index (κ3) is 7.86. The number of hydrogen-bond acceptors (Lipinski definition) is 8. The molecule has 0 fully saturated rings. The molecule has 38 heavy (non-hydrogen) atoms. The first-order valence-corrected chi connectivity index (χ1v) is 13.3. The number of aromatic nitrogens is 4. The van der Waals surface area contributed by atoms with Crippen LogP contribution in [0.25, 0.3) is 11.8 Å². The minimum atomic E-state index is -0.833. The van der Waals surface area contributed by atoms with Gasteiger partial charge in [0.1, 0.15) is 18.6 Å². The van der Waals surface area contributed by atoms with Crippen LogP contribution in [0, 0.1) is 0 Å². The summed E-state index contributed by atoms with van der Waals surface area (Å²) < 4.78 is 8.96. The molecule has 3 aromatic carbocycles. The number of rotatable bonds is 6. The van der Waals surface area contributed by atoms with Gasteiger partial charge in [0.15, 0.2) is 0 Å². The molecule has 0 saturated heterocycles. The van der Waals surface area contributed by atoms with Crippen LogP contribution in [0.1, 0.15) is 18.1 Å². The fourth-order valence-electron chi connectivity index (χ4n) is 3.31. The maximum absolute atomic E-state index is 12.5. The first-order chi connectivity index (χ1) is 18.4. The number of thioether (sulfide) groups is 1. The number of nitrogens with one attached hydrogen (secondary N) is 1. The molecule has 2 heterocycles. The number of carboxylic acid groups (broad SMARTS) is 1. The number of tetrazole rings is 1. The van der Waals surface area contributed by atoms with Gasteiger partial charge in [0.25, 0.3) is 5.97 Å². The van der Waals surface area contributed by atoms with E-state index < -0.39 is 5.97 Å². The van der Waals surface area contributed by atoms with E-state index in [0.29, 0.717) is 28.1 Å². The number of amides is 1. The molecule has 1 aliphatic rings. The fraction of sp³-hybridized carbons (Fsp3) is 0.0769. The molecule has 10 nitrogen and oxygen atoms in total. The molecule has 5 rings (SSSR count). The van der Waals surface area contributed by atoms with Crippen LogP contribution in [0.5, 0.6) is 5.75 Å². The number of aliphatic carboxylic acids is 1. The van der Waals surface area contributed by atoms with Gasteiger partial charge in [-0.15, -0.1) is 5.10 Å². The second-order valence-corrected chi connectivity index (χ2v) is 10.3. The predicted octanol–water partition coefficient (Wildman–Crippen LogP) is 3.21. The molecule has 0 aliphatic carbocycles. The number of nitrogens with zero attached hydrogens (tertiary/aromatic N) is 5. The number of carboxylic acids is 1. The Hall–Kier alpha value is -3.77. The molecule has 0 atom stereocenters. The van der Waals surface area contributed by atoms with E-state index in [0.717, 1.165) is 51.7 Å². The standard InChI is InChI=1S/C24H17N6O2S.C2H4O2.Na/c31-23-22(33-24(27-23)26-19-9-5-2-6-10-19)14-18-11-12-20(30-16-25-28-29-30)21(13-18)32-15-17-7-3-1-4-8-17;1-2(3)4;/h1,3-14,16H,15H2,(H,26,27,31);1H3,(H,3,4);. The molecule has 186 valence electrons. The van der Waals surface area contributed by atoms with Crippen molar-refractivity contribution < 1.29 is 19.4 Å². The zero-order valence-electron chi connectivity index (χ0n) is 20.6. The second kappa shape index (κ2) is 13.2. The summed E-state index contributed by atoms with van der Waals surface area (Å²) in [5.74, 6) is -0.508. The van der Waals surface area contributed by atoms with Gasteiger partial charge in [-0.2, -0.15) is 4.68 Å². The molecule has 1 amide bonds. The average molecular weight is 537 g/mol. The molecule has 0 unspecified atom stereocenters. The van der Waals surface area contributed by atoms with Crippen molar-refractivity contribution in [1.29, 1.82) is 0 Å². The van der Waals surface area contributed by atoms with Gasteiger partial charge in [-0.1, -0.05) is 30.3 Å². The number of carbonyl (C=O) groups is 2. The van der Waals surface area contributed by atoms with Crippen molar-refractivity contribution in [3.8, 4) is 11.4 Å². The van der Waals surface area contributed by atoms with E-state index in [2.05, 4.69) is 38.0 Å². The summed E-state index contributed by atoms with van der Waals surface area (Å²) in [7, 11) is 0. The number of aliphatic imine (C=N–C) groups is 1. The van der Waals surface area contributed by atoms with Crippen molar-refractivity contribution in [3.63, 3.8) is 0 Å². The summed E-state index contributed by atoms with van der Waals surface area (Å²) in [6, 6.07) is 23.6. The van der Waals surface area contributed by atoms with E-state index in [1.54, 1.807) is 4.68 Å². The first-order valence-electron chi connectivity index (χ1n) is 11.5. The number of amidine groups is 1. The van der Waals surface area contributed by atoms with Gasteiger partial charge in [-0.25, -0.2) is 0 Å². The summed E-state index contributed by atoms with van der Waals surface area (Å²) in [6.07, 6.45) is 3.32. The normalized spacial score (nSPS) is 13.5. The quantitative estimate of drug-likeness (QED) is 0.282. The van der Waals surface area contributed by atoms with Crippen molar-refractivity contribution in [1.82, 2.24) is 20.2 Å². The number of benzene rings is 3. The Labute approximate surface area is 240 Å². The molecule has 0 saturated carbocycles. The van der Waals surface area contributed by atoms with Crippen molar-refractivity contribution >= 4 is 71.3 Å². The van der Waals surface area contributed by atoms with Crippen LogP contribution >= 0.6 is 11.8 Å². The zero-order valence-corrected chi connectivity index (χ0v) is 23.4. The first kappa shape index (κ1) is 27.3. The summed E-state index contributed by atoms with van der Waals surface area (Å²) in [4.78, 5) is 26.2. The van der Waals surface area contributed by atoms with Crippen molar-refractivity contribution in [3.05, 3.63) is 95.2 Å². The molecule has 1 aliphatic heterocycles. The van der Waals surface area contributed by atoms with Crippen molar-refractivity contribution in [2.45, 2.75) is 13.5 Å². The third-order valence-electron chi connectivity index (χ3n) is 5.04. The van der Waals surface area contributed by atoms with Crippen LogP contribution in [-0.4, -0.2) is 70.3 Å². The SMILES string of the molecule is CC(=O)O.O=C1N=C(Nc2cc[c]([Na])cc2)SC1=Cc1ccc(-n2cnnn2)c(OCc2ccccc2)c1. The second-order valence-electron chi connectivity index (χ2n) is 8.10. The Balaban J connectivity index is 0.000000786. The molecule has 2 N–H and O–H groups in total. The fourth-order valence-corrected chi connectivity index (χ4v) is 4.47. The Bertz CT molecular complexity index is 1470. The van der Waals surface area contributed by atoms with E-state index in [1.165, 1.54) is 20.9 Å². The van der Waals surface area contributed by atoms with Gasteiger partial charge in [0.05, 0.1) is 0 Å². The molecule has 1 aromatic heterocycles. The molecular weight excluding hydrogens is 515 g/mol. The molecule has 0 spiro atoms. The number of anilines is 1. The maximum atomic E-state index is 12.5. The van der Waals surface area contributed by atoms with Gasteiger partial charge in [-0.3, -0.25) is 4.79 Å². The molecular formula is C26H21N6NaO4S. The Morgan fingerprint density at radius 1 is 1.13 bits per heavy atom. The Kier molecular flexibility index (Phi) is 9.44. The van der Waals surface area contributed by atoms with E-state index >= 15 is 0 Å². The van der Waals surface area contributed by atoms with Gasteiger partial charge < -0.3 is 9.84 Å². The van der Waals surface area contributed by atoms with Crippen LogP contribution in [0.4, 0.5) is 5.69 Å². The van der Waals surface area contributed by atoms with E-state index in [9.17, 15) is 4.79 Å². The monoisotopic (exact) mass is 536 g/mol. The van der Waals surface area contributed by atoms with Gasteiger partial charge in [0, 0.05) is 6.92 Å². The van der Waals surface area contributed by atoms with Crippen LogP contribution < -0.4 is 12.9 Å². The number of hydrogen-bond donors (Lipinski definition) is 2. The van der Waals surface area contributed by atoms with Gasteiger partial charge >= 0.3 is 139 Å². The molecule has 0 bridgehead atoms. The molecule has 0 radical (unpaired) electrons. The topological polar surface area (TPSA) is 132 Å². The predicted molar refractivity (Wildman–Crippen MR) is 147 cm³/mol. The van der Waals surface area contributed by atoms with Crippen LogP contribution in [0.15, 0.2) is 89.0 Å². The Morgan fingerprint density at radius 2 is 1.87 bits per heavy atom. The summed E-state index contributed by atoms with van der Waals surface area (Å²) >= 11 is 2.31. The molecule has 12 heteroatoms. The Morgan fingerprint density at radius 3 is 2.55 bits per heavy atom. The van der Waals surface area contributed by atoms with E-state index in [-0.39, 0.29) is 5.91 Å². The van der Waals surface area contributed by atoms with Crippen LogP contribution in [0.3, 0.4) is 0 Å². The third-order valence-corrected chi connectivity index (χ3v) is 6.60. The summed E-state index contributed by atoms with van der Waals surface area (Å²) in [5.41, 5.74) is 3.46. The summed E-state index contributed by atoms with van der Waals surface area (Å²) in [6.45, 7) is 1.47. The summed E-state index contributed by atoms with van der Waals surface area (Å²) in [5, 5.41) is 22.6. The van der Waals surface area contributed by atoms with Gasteiger partial charge in [-0.05, 0) is 16.0 Å². The zero-order chi connectivity index (χ0) is 26.9. The van der Waals surface area contributed by atoms with E-state index in [1.807, 2.05) is 66.7 Å². The van der Waals surface area contributed by atoms with Crippen LogP contribution in [0.2, 0.25) is 0 Å². The minimum absolute atomic E-state index is 0.275. The van der Waals surface area contributed by atoms with Crippen LogP contribution in [-0.2, 0) is 16.2 Å². The number of carbonyl (C=O) groups excluding carboxylic acids is 1. The van der Waals surface area contributed by atoms with Gasteiger partial charge in [0.2, 0.25) is 0 Å². The average Bonchev–Trinajstić information content (AvgIpc) is 3.55. The molecule has 4 aromatic rings. The van der Waals surface area contributed by atoms with Crippen molar-refractivity contribution in [2.75, 3.05) is 5.32 Å². The number of ether oxygens (including phenoxy) is 1.